The van der Waals surface area contributed by atoms with Crippen LogP contribution in [-0.4, -0.2) is 46.2 Å². The van der Waals surface area contributed by atoms with Gasteiger partial charge in [-0.05, 0) is 85.5 Å². The van der Waals surface area contributed by atoms with Crippen molar-refractivity contribution in [1.29, 1.82) is 0 Å². The monoisotopic (exact) mass is 680 g/mol. The normalized spacial score (nSPS) is 15.4. The Hall–Kier alpha value is -1.46. The molecule has 2 aliphatic rings. The molecule has 6 rings (SSSR count). The van der Waals surface area contributed by atoms with Gasteiger partial charge in [-0.1, -0.05) is 73.5 Å². The molecule has 0 spiro atoms. The molecule has 0 amide bonds. The molecule has 4 nitrogen and oxygen atoms in total. The van der Waals surface area contributed by atoms with Gasteiger partial charge >= 0.3 is 34.1 Å². The Morgan fingerprint density at radius 3 is 1.20 bits per heavy atom. The van der Waals surface area contributed by atoms with Crippen LogP contribution in [0.3, 0.4) is 0 Å². The first kappa shape index (κ1) is 36.6. The molecule has 4 aromatic carbocycles. The van der Waals surface area contributed by atoms with Gasteiger partial charge in [0, 0.05) is 24.2 Å². The van der Waals surface area contributed by atoms with Crippen LogP contribution >= 0.6 is 24.8 Å². The third-order valence-electron chi connectivity index (χ3n) is 7.69. The van der Waals surface area contributed by atoms with Crippen molar-refractivity contribution >= 4 is 46.4 Å². The van der Waals surface area contributed by atoms with E-state index in [2.05, 4.69) is 34.1 Å². The van der Waals surface area contributed by atoms with Gasteiger partial charge in [0.1, 0.15) is 11.5 Å². The van der Waals surface area contributed by atoms with Gasteiger partial charge in [-0.3, -0.25) is 9.80 Å². The summed E-state index contributed by atoms with van der Waals surface area (Å²) in [5.41, 5.74) is 2.16. The fourth-order valence-electron chi connectivity index (χ4n) is 5.66. The zero-order valence-corrected chi connectivity index (χ0v) is 26.1. The van der Waals surface area contributed by atoms with Gasteiger partial charge in [0.15, 0.2) is 0 Å². The number of halogens is 2. The standard InChI is InChI=1S/2C16H19NO.2ClH.2Cu/c2*18-16-9-8-13-6-2-3-7-14(13)15(16)12-17-10-4-1-5-11-17;;;;/h2*2-3,6-9,18H,1,4-5,10-12H2;2*1H;;/q;;;;2*+2. The summed E-state index contributed by atoms with van der Waals surface area (Å²) in [6.45, 7) is 6.36. The number of nitrogens with zero attached hydrogens (tertiary/aromatic N) is 2. The average molecular weight is 683 g/mol. The maximum atomic E-state index is 10.1. The molecule has 222 valence electrons. The van der Waals surface area contributed by atoms with E-state index in [1.165, 1.54) is 60.1 Å². The van der Waals surface area contributed by atoms with Crippen molar-refractivity contribution in [3.63, 3.8) is 0 Å². The maximum absolute atomic E-state index is 10.1. The van der Waals surface area contributed by atoms with E-state index in [4.69, 9.17) is 0 Å². The Balaban J connectivity index is 0.000000364. The SMILES string of the molecule is Cl.Cl.Oc1ccc2ccccc2c1CN1CCCCC1.Oc1ccc2ccccc2c1CN1CCCCC1.[Cu+2].[Cu+2]. The van der Waals surface area contributed by atoms with E-state index in [9.17, 15) is 10.2 Å². The van der Waals surface area contributed by atoms with E-state index in [1.54, 1.807) is 0 Å². The molecule has 2 N–H and O–H groups in total. The average Bonchev–Trinajstić information content (AvgIpc) is 2.93. The number of likely N-dealkylation sites (tertiary alicyclic amines) is 2. The summed E-state index contributed by atoms with van der Waals surface area (Å²) >= 11 is 0. The van der Waals surface area contributed by atoms with E-state index in [0.717, 1.165) is 50.4 Å². The number of hydrogen-bond donors (Lipinski definition) is 2. The van der Waals surface area contributed by atoms with Crippen molar-refractivity contribution in [2.45, 2.75) is 51.6 Å². The van der Waals surface area contributed by atoms with Gasteiger partial charge in [0.05, 0.1) is 0 Å². The van der Waals surface area contributed by atoms with E-state index >= 15 is 0 Å². The molecule has 40 heavy (non-hydrogen) atoms. The molecule has 2 radical (unpaired) electrons. The van der Waals surface area contributed by atoms with Crippen molar-refractivity contribution in [2.75, 3.05) is 26.2 Å². The molecule has 0 unspecified atom stereocenters. The summed E-state index contributed by atoms with van der Waals surface area (Å²) in [5.74, 6) is 0.860. The van der Waals surface area contributed by atoms with Crippen LogP contribution in [0.25, 0.3) is 21.5 Å². The van der Waals surface area contributed by atoms with E-state index in [-0.39, 0.29) is 59.0 Å². The first-order valence-corrected chi connectivity index (χ1v) is 13.5. The molecule has 0 aromatic heterocycles. The fourth-order valence-corrected chi connectivity index (χ4v) is 5.66. The molecule has 4 aromatic rings. The summed E-state index contributed by atoms with van der Waals surface area (Å²) < 4.78 is 0. The van der Waals surface area contributed by atoms with Crippen LogP contribution in [-0.2, 0) is 47.2 Å². The van der Waals surface area contributed by atoms with E-state index < -0.39 is 0 Å². The van der Waals surface area contributed by atoms with Gasteiger partial charge in [-0.15, -0.1) is 24.8 Å². The van der Waals surface area contributed by atoms with Crippen LogP contribution in [0, 0.1) is 0 Å². The molecule has 2 saturated heterocycles. The Bertz CT molecular complexity index is 1210. The molecule has 0 saturated carbocycles. The van der Waals surface area contributed by atoms with Crippen molar-refractivity contribution in [1.82, 2.24) is 9.80 Å². The Labute approximate surface area is 272 Å². The zero-order valence-electron chi connectivity index (χ0n) is 22.6. The van der Waals surface area contributed by atoms with Crippen molar-refractivity contribution in [3.05, 3.63) is 83.9 Å². The Kier molecular flexibility index (Phi) is 16.6. The zero-order chi connectivity index (χ0) is 24.7. The Morgan fingerprint density at radius 2 is 0.825 bits per heavy atom. The Morgan fingerprint density at radius 1 is 0.475 bits per heavy atom. The molecule has 0 aliphatic carbocycles. The van der Waals surface area contributed by atoms with Crippen LogP contribution in [0.1, 0.15) is 49.7 Å². The van der Waals surface area contributed by atoms with Crippen molar-refractivity contribution in [2.24, 2.45) is 0 Å². The summed E-state index contributed by atoms with van der Waals surface area (Å²) in [4.78, 5) is 4.90. The second kappa shape index (κ2) is 18.2. The third-order valence-corrected chi connectivity index (χ3v) is 7.69. The summed E-state index contributed by atoms with van der Waals surface area (Å²) in [5, 5.41) is 25.0. The second-order valence-corrected chi connectivity index (χ2v) is 10.2. The summed E-state index contributed by atoms with van der Waals surface area (Å²) in [7, 11) is 0. The predicted octanol–water partition coefficient (Wildman–Crippen LogP) is 7.90. The number of aromatic hydroxyl groups is 2. The number of rotatable bonds is 4. The van der Waals surface area contributed by atoms with E-state index in [0.29, 0.717) is 11.5 Å². The molecular weight excluding hydrogens is 642 g/mol. The van der Waals surface area contributed by atoms with Gasteiger partial charge in [-0.2, -0.15) is 0 Å². The van der Waals surface area contributed by atoms with E-state index in [1.807, 2.05) is 48.5 Å². The topological polar surface area (TPSA) is 46.9 Å². The number of hydrogen-bond acceptors (Lipinski definition) is 4. The molecule has 2 heterocycles. The molecule has 0 atom stereocenters. The van der Waals surface area contributed by atoms with Crippen LogP contribution < -0.4 is 0 Å². The van der Waals surface area contributed by atoms with Gasteiger partial charge in [-0.25, -0.2) is 0 Å². The molecule has 8 heteroatoms. The molecule has 2 aliphatic heterocycles. The van der Waals surface area contributed by atoms with Crippen LogP contribution in [0.15, 0.2) is 72.8 Å². The molecule has 2 fully saturated rings. The fraction of sp³-hybridized carbons (Fsp3) is 0.375. The maximum Gasteiger partial charge on any atom is 2.00 e. The minimum Gasteiger partial charge on any atom is -0.508 e. The van der Waals surface area contributed by atoms with Crippen LogP contribution in [0.2, 0.25) is 0 Å². The minimum atomic E-state index is 0. The third kappa shape index (κ3) is 9.27. The number of phenolic OH excluding ortho intramolecular Hbond substituents is 2. The predicted molar refractivity (Wildman–Crippen MR) is 164 cm³/mol. The number of phenols is 2. The minimum absolute atomic E-state index is 0. The van der Waals surface area contributed by atoms with Gasteiger partial charge < -0.3 is 10.2 Å². The number of fused-ring (bicyclic) bond motifs is 2. The smallest absolute Gasteiger partial charge is 0.508 e. The van der Waals surface area contributed by atoms with Crippen LogP contribution in [0.5, 0.6) is 11.5 Å². The molecule has 0 bridgehead atoms. The number of piperidine rings is 2. The first-order valence-electron chi connectivity index (χ1n) is 13.5. The largest absolute Gasteiger partial charge is 2.00 e. The van der Waals surface area contributed by atoms with Crippen LogP contribution in [0.4, 0.5) is 0 Å². The van der Waals surface area contributed by atoms with Crippen molar-refractivity contribution < 1.29 is 44.4 Å². The second-order valence-electron chi connectivity index (χ2n) is 10.2. The molecular formula is C32H40Cl2Cu2N2O2+4. The first-order chi connectivity index (χ1) is 17.7. The van der Waals surface area contributed by atoms with Crippen molar-refractivity contribution in [3.8, 4) is 11.5 Å². The van der Waals surface area contributed by atoms with Gasteiger partial charge in [0.25, 0.3) is 0 Å². The summed E-state index contributed by atoms with van der Waals surface area (Å²) in [6.07, 6.45) is 7.82. The quantitative estimate of drug-likeness (QED) is 0.215. The van der Waals surface area contributed by atoms with Gasteiger partial charge in [0.2, 0.25) is 0 Å². The number of benzene rings is 4. The summed E-state index contributed by atoms with van der Waals surface area (Å²) in [6, 6.07) is 24.2.